The molecule has 0 spiro atoms. The Morgan fingerprint density at radius 3 is 2.50 bits per heavy atom. The van der Waals surface area contributed by atoms with Gasteiger partial charge in [-0.3, -0.25) is 9.59 Å². The summed E-state index contributed by atoms with van der Waals surface area (Å²) in [6.07, 6.45) is -4.50. The van der Waals surface area contributed by atoms with E-state index < -0.39 is 6.36 Å². The van der Waals surface area contributed by atoms with Crippen LogP contribution in [0, 0.1) is 0 Å². The summed E-state index contributed by atoms with van der Waals surface area (Å²) < 4.78 is 43.8. The maximum Gasteiger partial charge on any atom is 0.573 e. The standard InChI is InChI=1S/C24H24F3N5O3S/c1-4-32(5-2)21(34)11-10-19(33)14-6-9-18-17(12-14)28-22(31(18)3)30-23-29-16-8-7-15(13-20(16)36-23)35-24(25,26)27/h6-9,12-13H,4-5,10-11H2,1-3H3,(H,28,29,30). The Kier molecular flexibility index (Phi) is 7.16. The number of aryl methyl sites for hydroxylation is 1. The van der Waals surface area contributed by atoms with E-state index in [1.807, 2.05) is 13.8 Å². The summed E-state index contributed by atoms with van der Waals surface area (Å²) in [5.74, 6) is -0.0478. The number of nitrogens with one attached hydrogen (secondary N) is 1. The third kappa shape index (κ3) is 5.59. The lowest BCUT2D eigenvalue weighted by molar-refractivity contribution is -0.274. The Labute approximate surface area is 208 Å². The third-order valence-electron chi connectivity index (χ3n) is 5.70. The predicted octanol–water partition coefficient (Wildman–Crippen LogP) is 5.66. The van der Waals surface area contributed by atoms with Gasteiger partial charge in [0.25, 0.3) is 0 Å². The van der Waals surface area contributed by atoms with Gasteiger partial charge in [0.15, 0.2) is 10.9 Å². The van der Waals surface area contributed by atoms with Crippen LogP contribution in [0.1, 0.15) is 37.0 Å². The molecule has 0 bridgehead atoms. The molecule has 1 amide bonds. The van der Waals surface area contributed by atoms with E-state index >= 15 is 0 Å². The summed E-state index contributed by atoms with van der Waals surface area (Å²) in [6, 6.07) is 9.12. The van der Waals surface area contributed by atoms with Gasteiger partial charge in [-0.15, -0.1) is 13.2 Å². The number of hydrogen-bond acceptors (Lipinski definition) is 7. The average molecular weight is 520 g/mol. The van der Waals surface area contributed by atoms with Crippen LogP contribution >= 0.6 is 11.3 Å². The van der Waals surface area contributed by atoms with E-state index in [0.29, 0.717) is 45.5 Å². The molecule has 0 unspecified atom stereocenters. The molecule has 8 nitrogen and oxygen atoms in total. The summed E-state index contributed by atoms with van der Waals surface area (Å²) in [7, 11) is 1.80. The van der Waals surface area contributed by atoms with Crippen LogP contribution < -0.4 is 10.1 Å². The molecule has 0 radical (unpaired) electrons. The molecule has 0 saturated heterocycles. The number of carbonyl (C=O) groups is 2. The van der Waals surface area contributed by atoms with E-state index in [4.69, 9.17) is 0 Å². The number of fused-ring (bicyclic) bond motifs is 2. The Morgan fingerprint density at radius 2 is 1.81 bits per heavy atom. The van der Waals surface area contributed by atoms with Crippen molar-refractivity contribution in [3.63, 3.8) is 0 Å². The molecule has 0 aliphatic rings. The zero-order valence-corrected chi connectivity index (χ0v) is 20.7. The summed E-state index contributed by atoms with van der Waals surface area (Å²) in [4.78, 5) is 35.5. The lowest BCUT2D eigenvalue weighted by atomic mass is 10.1. The molecular weight excluding hydrogens is 495 g/mol. The number of hydrogen-bond donors (Lipinski definition) is 1. The highest BCUT2D eigenvalue weighted by molar-refractivity contribution is 7.22. The highest BCUT2D eigenvalue weighted by Crippen LogP contribution is 2.33. The number of alkyl halides is 3. The molecule has 0 aliphatic carbocycles. The fourth-order valence-corrected chi connectivity index (χ4v) is 4.72. The van der Waals surface area contributed by atoms with Crippen molar-refractivity contribution in [3.8, 4) is 5.75 Å². The number of ether oxygens (including phenoxy) is 1. The molecule has 2 heterocycles. The smallest absolute Gasteiger partial charge is 0.406 e. The second-order valence-corrected chi connectivity index (χ2v) is 9.04. The average Bonchev–Trinajstić information content (AvgIpc) is 3.36. The Hall–Kier alpha value is -3.67. The van der Waals surface area contributed by atoms with Gasteiger partial charge in [-0.2, -0.15) is 0 Å². The lowest BCUT2D eigenvalue weighted by Crippen LogP contribution is -2.30. The summed E-state index contributed by atoms with van der Waals surface area (Å²) in [5, 5.41) is 3.54. The van der Waals surface area contributed by atoms with Gasteiger partial charge in [-0.05, 0) is 44.2 Å². The first-order valence-corrected chi connectivity index (χ1v) is 12.1. The molecule has 1 N–H and O–H groups in total. The number of amides is 1. The molecule has 2 aromatic heterocycles. The number of benzene rings is 2. The van der Waals surface area contributed by atoms with Gasteiger partial charge < -0.3 is 19.5 Å². The number of ketones is 1. The zero-order chi connectivity index (χ0) is 26.0. The molecule has 0 aliphatic heterocycles. The minimum absolute atomic E-state index is 0.0494. The maximum atomic E-state index is 12.7. The van der Waals surface area contributed by atoms with E-state index in [0.717, 1.165) is 16.9 Å². The molecular formula is C24H24F3N5O3S. The number of aromatic nitrogens is 3. The van der Waals surface area contributed by atoms with Crippen molar-refractivity contribution >= 4 is 55.4 Å². The lowest BCUT2D eigenvalue weighted by Gasteiger charge is -2.18. The van der Waals surface area contributed by atoms with Crippen molar-refractivity contribution in [3.05, 3.63) is 42.0 Å². The second kappa shape index (κ2) is 10.1. The minimum Gasteiger partial charge on any atom is -0.406 e. The first-order valence-electron chi connectivity index (χ1n) is 11.3. The molecule has 190 valence electrons. The number of carbonyl (C=O) groups excluding carboxylic acids is 2. The van der Waals surface area contributed by atoms with Gasteiger partial charge in [0.1, 0.15) is 5.75 Å². The molecule has 36 heavy (non-hydrogen) atoms. The first kappa shape index (κ1) is 25.4. The highest BCUT2D eigenvalue weighted by Gasteiger charge is 2.31. The van der Waals surface area contributed by atoms with Crippen LogP contribution in [0.2, 0.25) is 0 Å². The summed E-state index contributed by atoms with van der Waals surface area (Å²) in [6.45, 7) is 5.02. The Morgan fingerprint density at radius 1 is 1.06 bits per heavy atom. The highest BCUT2D eigenvalue weighted by atomic mass is 32.1. The number of rotatable bonds is 9. The van der Waals surface area contributed by atoms with Gasteiger partial charge in [0.05, 0.1) is 21.3 Å². The molecule has 2 aromatic carbocycles. The number of anilines is 2. The normalized spacial score (nSPS) is 11.7. The van der Waals surface area contributed by atoms with Crippen LogP contribution in [0.4, 0.5) is 24.3 Å². The van der Waals surface area contributed by atoms with E-state index in [2.05, 4.69) is 20.0 Å². The van der Waals surface area contributed by atoms with Gasteiger partial charge in [-0.1, -0.05) is 11.3 Å². The molecule has 0 fully saturated rings. The maximum absolute atomic E-state index is 12.7. The quantitative estimate of drug-likeness (QED) is 0.287. The number of thiazole rings is 1. The van der Waals surface area contributed by atoms with Crippen molar-refractivity contribution in [2.45, 2.75) is 33.1 Å². The van der Waals surface area contributed by atoms with E-state index in [1.165, 1.54) is 18.2 Å². The SMILES string of the molecule is CCN(CC)C(=O)CCC(=O)c1ccc2c(c1)nc(Nc1nc3ccc(OC(F)(F)F)cc3s1)n2C. The second-order valence-electron chi connectivity index (χ2n) is 8.01. The van der Waals surface area contributed by atoms with E-state index in [1.54, 1.807) is 34.7 Å². The van der Waals surface area contributed by atoms with Crippen LogP contribution in [0.15, 0.2) is 36.4 Å². The molecule has 0 saturated carbocycles. The molecule has 12 heteroatoms. The summed E-state index contributed by atoms with van der Waals surface area (Å²) in [5.41, 5.74) is 2.35. The zero-order valence-electron chi connectivity index (χ0n) is 19.8. The number of Topliss-reactive ketones (excluding diaryl/α,β-unsaturated/α-hetero) is 1. The van der Waals surface area contributed by atoms with E-state index in [-0.39, 0.29) is 30.3 Å². The Bertz CT molecular complexity index is 1430. The predicted molar refractivity (Wildman–Crippen MR) is 132 cm³/mol. The van der Waals surface area contributed by atoms with Crippen LogP contribution in [0.3, 0.4) is 0 Å². The first-order chi connectivity index (χ1) is 17.1. The van der Waals surface area contributed by atoms with Crippen LogP contribution in [-0.4, -0.2) is 50.6 Å². The minimum atomic E-state index is -4.77. The Balaban J connectivity index is 1.50. The fraction of sp³-hybridized carbons (Fsp3) is 0.333. The van der Waals surface area contributed by atoms with Gasteiger partial charge >= 0.3 is 6.36 Å². The fourth-order valence-electron chi connectivity index (χ4n) is 3.84. The van der Waals surface area contributed by atoms with Crippen LogP contribution in [-0.2, 0) is 11.8 Å². The largest absolute Gasteiger partial charge is 0.573 e. The van der Waals surface area contributed by atoms with Gasteiger partial charge in [0, 0.05) is 44.6 Å². The van der Waals surface area contributed by atoms with Crippen molar-refractivity contribution in [1.29, 1.82) is 0 Å². The van der Waals surface area contributed by atoms with E-state index in [9.17, 15) is 22.8 Å². The number of imidazole rings is 1. The monoisotopic (exact) mass is 519 g/mol. The molecule has 4 aromatic rings. The van der Waals surface area contributed by atoms with Gasteiger partial charge in [0.2, 0.25) is 11.9 Å². The third-order valence-corrected chi connectivity index (χ3v) is 6.63. The van der Waals surface area contributed by atoms with Crippen molar-refractivity contribution < 1.29 is 27.5 Å². The molecule has 4 rings (SSSR count). The van der Waals surface area contributed by atoms with Crippen molar-refractivity contribution in [1.82, 2.24) is 19.4 Å². The number of nitrogens with zero attached hydrogens (tertiary/aromatic N) is 4. The van der Waals surface area contributed by atoms with Crippen molar-refractivity contribution in [2.75, 3.05) is 18.4 Å². The number of halogens is 3. The molecule has 0 atom stereocenters. The van der Waals surface area contributed by atoms with Crippen LogP contribution in [0.5, 0.6) is 5.75 Å². The van der Waals surface area contributed by atoms with Crippen molar-refractivity contribution in [2.24, 2.45) is 7.05 Å². The van der Waals surface area contributed by atoms with Crippen LogP contribution in [0.25, 0.3) is 21.3 Å². The van der Waals surface area contributed by atoms with Gasteiger partial charge in [-0.25, -0.2) is 9.97 Å². The summed E-state index contributed by atoms with van der Waals surface area (Å²) >= 11 is 1.16. The topological polar surface area (TPSA) is 89.3 Å².